The number of fused-ring (bicyclic) bond motifs is 6. The lowest BCUT2D eigenvalue weighted by Gasteiger charge is -2.47. The Morgan fingerprint density at radius 3 is 1.17 bits per heavy atom. The second kappa shape index (κ2) is 10.7. The average molecular weight is 505 g/mol. The zero-order valence-electron chi connectivity index (χ0n) is 20.9. The summed E-state index contributed by atoms with van der Waals surface area (Å²) in [5.41, 5.74) is 0. The van der Waals surface area contributed by atoms with Crippen LogP contribution in [0.2, 0.25) is 0 Å². The summed E-state index contributed by atoms with van der Waals surface area (Å²) in [5.74, 6) is -2.45. The first-order chi connectivity index (χ1) is 17.3. The number of nitrogens with one attached hydrogen (secondary N) is 2. The highest BCUT2D eigenvalue weighted by molar-refractivity contribution is 5.87. The number of carbonyl (C=O) groups excluding carboxylic acids is 2. The van der Waals surface area contributed by atoms with Crippen molar-refractivity contribution in [2.75, 3.05) is 39.3 Å². The molecule has 0 aromatic rings. The lowest BCUT2D eigenvalue weighted by Crippen LogP contribution is -2.59. The van der Waals surface area contributed by atoms with Crippen LogP contribution in [0.15, 0.2) is 0 Å². The number of rotatable bonds is 8. The molecule has 0 aromatic carbocycles. The lowest BCUT2D eigenvalue weighted by atomic mass is 9.74. The van der Waals surface area contributed by atoms with E-state index in [1.807, 2.05) is 0 Å². The van der Waals surface area contributed by atoms with E-state index in [2.05, 4.69) is 20.4 Å². The van der Waals surface area contributed by atoms with Gasteiger partial charge in [0, 0.05) is 36.8 Å². The minimum absolute atomic E-state index is 0.0598. The topological polar surface area (TPSA) is 139 Å². The van der Waals surface area contributed by atoms with E-state index in [9.17, 15) is 29.4 Å². The molecule has 7 rings (SSSR count). The molecule has 4 N–H and O–H groups in total. The molecule has 10 heteroatoms. The van der Waals surface area contributed by atoms with Gasteiger partial charge in [0.15, 0.2) is 0 Å². The molecule has 1 saturated carbocycles. The Labute approximate surface area is 212 Å². The van der Waals surface area contributed by atoms with Gasteiger partial charge >= 0.3 is 11.9 Å². The number of carboxylic acids is 2. The van der Waals surface area contributed by atoms with Crippen molar-refractivity contribution in [2.45, 2.75) is 63.5 Å². The van der Waals surface area contributed by atoms with Crippen molar-refractivity contribution in [3.05, 3.63) is 0 Å². The van der Waals surface area contributed by atoms with E-state index in [0.717, 1.165) is 65.0 Å². The second-order valence-corrected chi connectivity index (χ2v) is 11.8. The Kier molecular flexibility index (Phi) is 7.53. The first kappa shape index (κ1) is 25.4. The van der Waals surface area contributed by atoms with Gasteiger partial charge < -0.3 is 30.6 Å². The molecule has 7 fully saturated rings. The molecule has 7 aliphatic rings. The van der Waals surface area contributed by atoms with Crippen molar-refractivity contribution in [1.82, 2.24) is 20.4 Å². The fraction of sp³-hybridized carbons (Fsp3) is 0.846. The quantitative estimate of drug-likeness (QED) is 0.377. The van der Waals surface area contributed by atoms with Crippen LogP contribution in [0.4, 0.5) is 0 Å². The third-order valence-electron chi connectivity index (χ3n) is 9.87. The number of carbonyl (C=O) groups is 4. The van der Waals surface area contributed by atoms with Crippen molar-refractivity contribution < 1.29 is 29.4 Å². The van der Waals surface area contributed by atoms with Gasteiger partial charge in [-0.05, 0) is 89.4 Å². The van der Waals surface area contributed by atoms with E-state index in [4.69, 9.17) is 0 Å². The maximum atomic E-state index is 13.0. The molecule has 2 unspecified atom stereocenters. The Bertz CT molecular complexity index is 788. The van der Waals surface area contributed by atoms with Gasteiger partial charge in [-0.2, -0.15) is 0 Å². The van der Waals surface area contributed by atoms with Gasteiger partial charge in [-0.15, -0.1) is 0 Å². The standard InChI is InChI=1S/C26H40N4O6/c31-23(27-21(25(33)34)19-13-29-9-5-15(19)6-10-29)17-1-2-18(4-3-17)24(32)28-22(26(35)36)20-14-30-11-7-16(20)8-12-30/h15-22H,1-14H2,(H,27,31)(H,28,32)(H,33,34)(H,35,36)/t17?,18?,19-,20-,21?,22?/m0/s1. The number of carboxylic acid groups (broad SMARTS) is 2. The minimum Gasteiger partial charge on any atom is -0.480 e. The van der Waals surface area contributed by atoms with Gasteiger partial charge in [-0.3, -0.25) is 9.59 Å². The molecule has 6 saturated heterocycles. The third kappa shape index (κ3) is 5.25. The predicted molar refractivity (Wildman–Crippen MR) is 130 cm³/mol. The average Bonchev–Trinajstić information content (AvgIpc) is 2.91. The molecule has 36 heavy (non-hydrogen) atoms. The summed E-state index contributed by atoms with van der Waals surface area (Å²) in [6, 6.07) is -1.74. The summed E-state index contributed by atoms with van der Waals surface area (Å²) in [6.07, 6.45) is 5.98. The molecular formula is C26H40N4O6. The van der Waals surface area contributed by atoms with Gasteiger partial charge in [0.05, 0.1) is 0 Å². The molecule has 4 atom stereocenters. The maximum Gasteiger partial charge on any atom is 0.326 e. The fourth-order valence-electron chi connectivity index (χ4n) is 7.64. The second-order valence-electron chi connectivity index (χ2n) is 11.8. The SMILES string of the molecule is O=C(NC(C(=O)O)[C@H]1CN2CCC1CC2)C1CCC(C(=O)NC(C(=O)O)[C@H]2CN3CCC2CC3)CC1. The van der Waals surface area contributed by atoms with E-state index < -0.39 is 24.0 Å². The monoisotopic (exact) mass is 504 g/mol. The number of hydrogen-bond acceptors (Lipinski definition) is 6. The highest BCUT2D eigenvalue weighted by Crippen LogP contribution is 2.37. The summed E-state index contributed by atoms with van der Waals surface area (Å²) in [5, 5.41) is 25.4. The molecule has 0 radical (unpaired) electrons. The Balaban J connectivity index is 1.13. The van der Waals surface area contributed by atoms with Crippen LogP contribution in [0.3, 0.4) is 0 Å². The fourth-order valence-corrected chi connectivity index (χ4v) is 7.64. The van der Waals surface area contributed by atoms with Crippen LogP contribution in [0.25, 0.3) is 0 Å². The van der Waals surface area contributed by atoms with Gasteiger partial charge in [0.1, 0.15) is 12.1 Å². The number of aliphatic carboxylic acids is 2. The zero-order valence-corrected chi connectivity index (χ0v) is 20.9. The summed E-state index contributed by atoms with van der Waals surface area (Å²) >= 11 is 0. The van der Waals surface area contributed by atoms with Gasteiger partial charge in [-0.1, -0.05) is 0 Å². The largest absolute Gasteiger partial charge is 0.480 e. The number of nitrogens with zero attached hydrogens (tertiary/aromatic N) is 2. The normalized spacial score (nSPS) is 39.1. The van der Waals surface area contributed by atoms with E-state index in [1.165, 1.54) is 0 Å². The van der Waals surface area contributed by atoms with Crippen molar-refractivity contribution in [1.29, 1.82) is 0 Å². The number of piperidine rings is 6. The summed E-state index contributed by atoms with van der Waals surface area (Å²) in [6.45, 7) is 5.48. The summed E-state index contributed by atoms with van der Waals surface area (Å²) < 4.78 is 0. The van der Waals surface area contributed by atoms with E-state index >= 15 is 0 Å². The van der Waals surface area contributed by atoms with Crippen molar-refractivity contribution in [2.24, 2.45) is 35.5 Å². The lowest BCUT2D eigenvalue weighted by molar-refractivity contribution is -0.148. The molecule has 10 nitrogen and oxygen atoms in total. The number of hydrogen-bond donors (Lipinski definition) is 4. The minimum atomic E-state index is -0.970. The molecule has 6 heterocycles. The van der Waals surface area contributed by atoms with Gasteiger partial charge in [0.2, 0.25) is 11.8 Å². The van der Waals surface area contributed by atoms with Crippen LogP contribution in [0.1, 0.15) is 51.4 Å². The van der Waals surface area contributed by atoms with E-state index in [1.54, 1.807) is 0 Å². The van der Waals surface area contributed by atoms with Crippen LogP contribution in [0, 0.1) is 35.5 Å². The van der Waals surface area contributed by atoms with E-state index in [-0.39, 0.29) is 35.5 Å². The molecule has 6 aliphatic heterocycles. The highest BCUT2D eigenvalue weighted by atomic mass is 16.4. The molecular weight excluding hydrogens is 464 g/mol. The third-order valence-corrected chi connectivity index (χ3v) is 9.87. The maximum absolute atomic E-state index is 13.0. The number of amides is 2. The van der Waals surface area contributed by atoms with Crippen LogP contribution in [-0.2, 0) is 19.2 Å². The Hall–Kier alpha value is -2.20. The van der Waals surface area contributed by atoms with Crippen LogP contribution < -0.4 is 10.6 Å². The van der Waals surface area contributed by atoms with E-state index in [0.29, 0.717) is 37.5 Å². The Morgan fingerprint density at radius 2 is 0.917 bits per heavy atom. The van der Waals surface area contributed by atoms with Gasteiger partial charge in [-0.25, -0.2) is 9.59 Å². The Morgan fingerprint density at radius 1 is 0.583 bits per heavy atom. The molecule has 0 spiro atoms. The first-order valence-electron chi connectivity index (χ1n) is 13.8. The first-order valence-corrected chi connectivity index (χ1v) is 13.8. The summed E-state index contributed by atoms with van der Waals surface area (Å²) in [4.78, 5) is 54.7. The molecule has 4 bridgehead atoms. The molecule has 200 valence electrons. The molecule has 0 aromatic heterocycles. The van der Waals surface area contributed by atoms with Crippen LogP contribution in [-0.4, -0.2) is 95.1 Å². The zero-order chi connectivity index (χ0) is 25.4. The molecule has 1 aliphatic carbocycles. The highest BCUT2D eigenvalue weighted by Gasteiger charge is 2.44. The molecule has 2 amide bonds. The van der Waals surface area contributed by atoms with Crippen molar-refractivity contribution >= 4 is 23.8 Å². The summed E-state index contributed by atoms with van der Waals surface area (Å²) in [7, 11) is 0. The van der Waals surface area contributed by atoms with Crippen molar-refractivity contribution in [3.8, 4) is 0 Å². The van der Waals surface area contributed by atoms with Crippen molar-refractivity contribution in [3.63, 3.8) is 0 Å². The van der Waals surface area contributed by atoms with Gasteiger partial charge in [0.25, 0.3) is 0 Å². The smallest absolute Gasteiger partial charge is 0.326 e. The van der Waals surface area contributed by atoms with Crippen LogP contribution >= 0.6 is 0 Å². The predicted octanol–water partition coefficient (Wildman–Crippen LogP) is 0.615. The van der Waals surface area contributed by atoms with Crippen LogP contribution in [0.5, 0.6) is 0 Å².